The molecule has 0 fully saturated rings. The third-order valence-electron chi connectivity index (χ3n) is 7.45. The van der Waals surface area contributed by atoms with Crippen LogP contribution in [0.4, 0.5) is 4.39 Å². The van der Waals surface area contributed by atoms with Crippen molar-refractivity contribution in [2.75, 3.05) is 0 Å². The Kier molecular flexibility index (Phi) is 8.87. The normalized spacial score (nSPS) is 13.6. The number of benzene rings is 2. The van der Waals surface area contributed by atoms with Crippen LogP contribution in [0, 0.1) is 24.8 Å². The molecule has 235 valence electrons. The number of nitrogens with zero attached hydrogens (tertiary/aromatic N) is 3. The van der Waals surface area contributed by atoms with Crippen LogP contribution in [0.5, 0.6) is 0 Å². The summed E-state index contributed by atoms with van der Waals surface area (Å²) in [5.41, 5.74) is 4.99. The first-order valence-electron chi connectivity index (χ1n) is 16.6. The van der Waals surface area contributed by atoms with E-state index in [0.29, 0.717) is 27.8 Å². The van der Waals surface area contributed by atoms with Crippen LogP contribution in [0.2, 0.25) is 17.3 Å². The molecule has 4 aromatic heterocycles. The molecule has 6 rings (SSSR count). The molecular weight excluding hydrogens is 798 g/mol. The van der Waals surface area contributed by atoms with Gasteiger partial charge in [-0.3, -0.25) is 0 Å². The largest absolute Gasteiger partial charge is 0.486 e. The van der Waals surface area contributed by atoms with Crippen LogP contribution in [-0.2, 0) is 25.5 Å². The van der Waals surface area contributed by atoms with Crippen molar-refractivity contribution in [3.05, 3.63) is 108 Å². The molecule has 0 saturated heterocycles. The number of aromatic nitrogens is 3. The summed E-state index contributed by atoms with van der Waals surface area (Å²) < 4.78 is 52.5. The van der Waals surface area contributed by atoms with Gasteiger partial charge in [0.2, 0.25) is 5.71 Å². The molecule has 45 heavy (non-hydrogen) atoms. The van der Waals surface area contributed by atoms with Crippen molar-refractivity contribution in [2.24, 2.45) is 0 Å². The van der Waals surface area contributed by atoms with E-state index in [1.165, 1.54) is 16.7 Å². The third kappa shape index (κ3) is 7.62. The third-order valence-corrected chi connectivity index (χ3v) is 11.7. The van der Waals surface area contributed by atoms with Crippen molar-refractivity contribution in [3.63, 3.8) is 0 Å². The summed E-state index contributed by atoms with van der Waals surface area (Å²) in [4.78, 5) is 13.0. The first-order chi connectivity index (χ1) is 22.2. The summed E-state index contributed by atoms with van der Waals surface area (Å²) >= 11 is -2.03. The van der Waals surface area contributed by atoms with Crippen LogP contribution < -0.4 is 4.40 Å². The monoisotopic (exact) mass is 844 g/mol. The van der Waals surface area contributed by atoms with Crippen LogP contribution in [0.3, 0.4) is 0 Å². The summed E-state index contributed by atoms with van der Waals surface area (Å²) in [5, 5.41) is 1.48. The fourth-order valence-electron chi connectivity index (χ4n) is 5.13. The number of fused-ring (bicyclic) bond motifs is 3. The van der Waals surface area contributed by atoms with Gasteiger partial charge in [-0.15, -0.1) is 18.2 Å². The molecular formula is C38H40FGeIrN3O-2. The van der Waals surface area contributed by atoms with E-state index in [1.54, 1.807) is 18.2 Å². The number of hydrogen-bond donors (Lipinski definition) is 0. The van der Waals surface area contributed by atoms with E-state index in [-0.39, 0.29) is 42.7 Å². The van der Waals surface area contributed by atoms with Gasteiger partial charge in [0, 0.05) is 35.3 Å². The first-order valence-corrected chi connectivity index (χ1v) is 22.0. The minimum Gasteiger partial charge on any atom is -0.486 e. The van der Waals surface area contributed by atoms with Crippen LogP contribution in [0.15, 0.2) is 77.5 Å². The van der Waals surface area contributed by atoms with Crippen LogP contribution in [-0.4, -0.2) is 28.2 Å². The molecule has 0 aliphatic carbocycles. The zero-order valence-corrected chi connectivity index (χ0v) is 31.4. The van der Waals surface area contributed by atoms with Crippen molar-refractivity contribution in [2.45, 2.75) is 70.0 Å². The van der Waals surface area contributed by atoms with Gasteiger partial charge in [0.25, 0.3) is 0 Å². The molecule has 0 spiro atoms. The van der Waals surface area contributed by atoms with Crippen LogP contribution in [0.25, 0.3) is 44.6 Å². The molecule has 0 amide bonds. The van der Waals surface area contributed by atoms with Crippen LogP contribution >= 0.6 is 0 Å². The van der Waals surface area contributed by atoms with E-state index in [9.17, 15) is 4.39 Å². The van der Waals surface area contributed by atoms with E-state index in [1.807, 2.05) is 71.1 Å². The Balaban J connectivity index is 0.000000229. The maximum atomic E-state index is 14.3. The number of hydrogen-bond acceptors (Lipinski definition) is 4. The van der Waals surface area contributed by atoms with E-state index in [2.05, 4.69) is 50.4 Å². The topological polar surface area (TPSA) is 51.8 Å². The standard InChI is InChI=1S/C21H18FN2O.C17H22GeN.Ir/c1-12-8-9-14-13-6-5-7-15(19(13)25-20(14)24-12)18-10-16(21(2,3)4)17(22)11-23-18;1-13(2)15-11-17(14-9-7-6-8-10-14)19-12-16(15)18(3,4)5;/h5-6,8-11H,1-4H3;6-9,11-13H,1-5H3;/q2*-1;/i1D3;13D;. The zero-order chi connectivity index (χ0) is 35.2. The second-order valence-corrected chi connectivity index (χ2v) is 23.8. The smallest absolute Gasteiger partial charge is 0.216 e. The fraction of sp³-hybridized carbons (Fsp3) is 0.289. The molecule has 0 atom stereocenters. The number of rotatable bonds is 4. The number of furan rings is 1. The molecule has 4 nitrogen and oxygen atoms in total. The molecule has 0 saturated carbocycles. The summed E-state index contributed by atoms with van der Waals surface area (Å²) in [6.45, 7) is 7.39. The van der Waals surface area contributed by atoms with Gasteiger partial charge in [-0.1, -0.05) is 37.8 Å². The average molecular weight is 843 g/mol. The second kappa shape index (κ2) is 13.7. The van der Waals surface area contributed by atoms with Gasteiger partial charge in [0.15, 0.2) is 0 Å². The molecule has 7 heteroatoms. The predicted octanol–water partition coefficient (Wildman–Crippen LogP) is 9.80. The first kappa shape index (κ1) is 29.2. The van der Waals surface area contributed by atoms with Crippen molar-refractivity contribution >= 4 is 39.7 Å². The SMILES string of the molecule is [2H]C(C)(C)c1cc(-c2[c-]cccc2)nc[c]1[Ge]([CH3])([CH3])[CH3].[2H]C([2H])([2H])c1ccc2c(n1)oc1c(-c3cc(C(C)(C)C)c(F)cn3)[c-]ccc12.[Ir]. The fourth-order valence-corrected chi connectivity index (χ4v) is 8.45. The molecule has 4 heterocycles. The maximum absolute atomic E-state index is 14.3. The summed E-state index contributed by atoms with van der Waals surface area (Å²) in [7, 11) is 0. The van der Waals surface area contributed by atoms with Crippen molar-refractivity contribution in [3.8, 4) is 22.5 Å². The Bertz CT molecular complexity index is 2100. The molecule has 1 radical (unpaired) electrons. The van der Waals surface area contributed by atoms with Gasteiger partial charge in [-0.2, -0.15) is 0 Å². The molecule has 0 unspecified atom stereocenters. The Morgan fingerprint density at radius 2 is 1.69 bits per heavy atom. The minimum absolute atomic E-state index is 0. The zero-order valence-electron chi connectivity index (χ0n) is 30.9. The van der Waals surface area contributed by atoms with Gasteiger partial charge in [0.05, 0.1) is 11.8 Å². The molecule has 2 aromatic carbocycles. The van der Waals surface area contributed by atoms with Gasteiger partial charge in [0.1, 0.15) is 5.82 Å². The van der Waals surface area contributed by atoms with E-state index < -0.39 is 26.0 Å². The molecule has 0 aliphatic rings. The molecule has 0 aliphatic heterocycles. The summed E-state index contributed by atoms with van der Waals surface area (Å²) in [5.74, 6) is 6.08. The number of aryl methyl sites for hydroxylation is 1. The maximum Gasteiger partial charge on any atom is 0.216 e. The number of pyridine rings is 3. The van der Waals surface area contributed by atoms with E-state index in [4.69, 9.17) is 9.90 Å². The van der Waals surface area contributed by atoms with Gasteiger partial charge in [-0.05, 0) is 35.7 Å². The Morgan fingerprint density at radius 1 is 0.933 bits per heavy atom. The summed E-state index contributed by atoms with van der Waals surface area (Å²) in [6, 6.07) is 24.7. The van der Waals surface area contributed by atoms with Crippen molar-refractivity contribution < 1.29 is 34.4 Å². The molecule has 0 bridgehead atoms. The Morgan fingerprint density at radius 3 is 2.33 bits per heavy atom. The number of halogens is 1. The summed E-state index contributed by atoms with van der Waals surface area (Å²) in [6.07, 6.45) is 3.21. The average Bonchev–Trinajstić information content (AvgIpc) is 3.38. The van der Waals surface area contributed by atoms with Gasteiger partial charge >= 0.3 is 120 Å². The predicted molar refractivity (Wildman–Crippen MR) is 183 cm³/mol. The minimum atomic E-state index is -2.32. The van der Waals surface area contributed by atoms with E-state index >= 15 is 0 Å². The van der Waals surface area contributed by atoms with E-state index in [0.717, 1.165) is 22.2 Å². The van der Waals surface area contributed by atoms with Crippen molar-refractivity contribution in [1.29, 1.82) is 0 Å². The second-order valence-electron chi connectivity index (χ2n) is 13.2. The van der Waals surface area contributed by atoms with Gasteiger partial charge < -0.3 is 9.40 Å². The Labute approximate surface area is 288 Å². The molecule has 6 aromatic rings. The van der Waals surface area contributed by atoms with Crippen LogP contribution in [0.1, 0.15) is 62.8 Å². The Hall–Kier alpha value is -3.19. The quantitative estimate of drug-likeness (QED) is 0.131. The molecule has 0 N–H and O–H groups in total. The van der Waals surface area contributed by atoms with Gasteiger partial charge in [-0.25, -0.2) is 9.37 Å². The van der Waals surface area contributed by atoms with Crippen molar-refractivity contribution in [1.82, 2.24) is 15.0 Å².